The molecular weight excluding hydrogens is 322 g/mol. The monoisotopic (exact) mass is 352 g/mol. The molecule has 7 heteroatoms. The van der Waals surface area contributed by atoms with E-state index < -0.39 is 6.04 Å². The van der Waals surface area contributed by atoms with Crippen LogP contribution in [-0.4, -0.2) is 60.9 Å². The van der Waals surface area contributed by atoms with Crippen molar-refractivity contribution in [3.05, 3.63) is 6.42 Å². The predicted molar refractivity (Wildman–Crippen MR) is 93.4 cm³/mol. The topological polar surface area (TPSA) is 102 Å². The summed E-state index contributed by atoms with van der Waals surface area (Å²) in [6.07, 6.45) is 4.87. The van der Waals surface area contributed by atoms with Crippen LogP contribution < -0.4 is 11.1 Å². The lowest BCUT2D eigenvalue weighted by Gasteiger charge is -2.24. The van der Waals surface area contributed by atoms with Gasteiger partial charge in [0.2, 0.25) is 11.8 Å². The van der Waals surface area contributed by atoms with Crippen molar-refractivity contribution >= 4 is 17.6 Å². The van der Waals surface area contributed by atoms with Crippen LogP contribution in [0, 0.1) is 18.3 Å². The van der Waals surface area contributed by atoms with Crippen LogP contribution in [-0.2, 0) is 19.1 Å². The van der Waals surface area contributed by atoms with E-state index in [1.807, 2.05) is 6.92 Å². The summed E-state index contributed by atoms with van der Waals surface area (Å²) in [4.78, 5) is 37.6. The zero-order valence-corrected chi connectivity index (χ0v) is 15.2. The van der Waals surface area contributed by atoms with Crippen molar-refractivity contribution in [2.75, 3.05) is 26.2 Å². The second kappa shape index (κ2) is 9.29. The maximum Gasteiger partial charge on any atom is 0.224 e. The van der Waals surface area contributed by atoms with Gasteiger partial charge in [0.15, 0.2) is 5.78 Å². The van der Waals surface area contributed by atoms with E-state index in [2.05, 4.69) is 10.2 Å². The minimum Gasteiger partial charge on any atom is -0.369 e. The van der Waals surface area contributed by atoms with Gasteiger partial charge in [0, 0.05) is 18.9 Å². The van der Waals surface area contributed by atoms with Crippen molar-refractivity contribution in [3.8, 4) is 0 Å². The minimum absolute atomic E-state index is 0.0661. The first-order valence-corrected chi connectivity index (χ1v) is 9.18. The Morgan fingerprint density at radius 1 is 1.36 bits per heavy atom. The van der Waals surface area contributed by atoms with Crippen molar-refractivity contribution in [3.63, 3.8) is 0 Å². The first-order chi connectivity index (χ1) is 11.9. The molecular formula is C18H30N3O4. The van der Waals surface area contributed by atoms with E-state index >= 15 is 0 Å². The number of ether oxygens (including phenoxy) is 1. The van der Waals surface area contributed by atoms with Gasteiger partial charge < -0.3 is 20.7 Å². The Hall–Kier alpha value is -1.47. The van der Waals surface area contributed by atoms with E-state index in [1.165, 1.54) is 12.8 Å². The number of Topliss-reactive ketones (excluding diaryl/α,β-unsaturated/α-hetero) is 1. The van der Waals surface area contributed by atoms with Crippen molar-refractivity contribution in [1.29, 1.82) is 0 Å². The molecule has 25 heavy (non-hydrogen) atoms. The third-order valence-corrected chi connectivity index (χ3v) is 5.35. The SMILES string of the molecule is CC(CC[CH]C(=O)NC1C(=O)COC1CN1CCCC1)C(C)C(N)=O. The van der Waals surface area contributed by atoms with Gasteiger partial charge in [0.25, 0.3) is 0 Å². The van der Waals surface area contributed by atoms with Crippen molar-refractivity contribution < 1.29 is 19.1 Å². The number of carbonyl (C=O) groups is 3. The van der Waals surface area contributed by atoms with Gasteiger partial charge in [-0.3, -0.25) is 14.4 Å². The molecule has 2 rings (SSSR count). The fourth-order valence-corrected chi connectivity index (χ4v) is 3.35. The third kappa shape index (κ3) is 5.78. The molecule has 0 aliphatic carbocycles. The number of nitrogens with one attached hydrogen (secondary N) is 1. The number of nitrogens with two attached hydrogens (primary N) is 1. The Kier molecular flexibility index (Phi) is 7.38. The second-order valence-corrected chi connectivity index (χ2v) is 7.26. The van der Waals surface area contributed by atoms with Gasteiger partial charge in [-0.1, -0.05) is 13.8 Å². The van der Waals surface area contributed by atoms with Gasteiger partial charge in [-0.15, -0.1) is 0 Å². The molecule has 0 saturated carbocycles. The van der Waals surface area contributed by atoms with E-state index in [4.69, 9.17) is 10.5 Å². The maximum atomic E-state index is 12.1. The molecule has 0 spiro atoms. The molecule has 0 bridgehead atoms. The van der Waals surface area contributed by atoms with Crippen LogP contribution in [0.2, 0.25) is 0 Å². The lowest BCUT2D eigenvalue weighted by atomic mass is 9.90. The standard InChI is InChI=1S/C18H30N3O4/c1-12(13(2)18(19)24)6-5-7-16(23)20-17-14(22)11-25-15(17)10-21-8-3-4-9-21/h7,12-13,15,17H,3-6,8-11H2,1-2H3,(H2,19,24)(H,20,23). The van der Waals surface area contributed by atoms with E-state index in [0.29, 0.717) is 19.4 Å². The highest BCUT2D eigenvalue weighted by molar-refractivity contribution is 5.94. The number of ketones is 1. The summed E-state index contributed by atoms with van der Waals surface area (Å²) in [5.74, 6) is -0.752. The average Bonchev–Trinajstić information content (AvgIpc) is 3.19. The lowest BCUT2D eigenvalue weighted by Crippen LogP contribution is -2.48. The van der Waals surface area contributed by atoms with Crippen LogP contribution in [0.4, 0.5) is 0 Å². The number of hydrogen-bond donors (Lipinski definition) is 2. The van der Waals surface area contributed by atoms with Gasteiger partial charge >= 0.3 is 0 Å². The Bertz CT molecular complexity index is 491. The van der Waals surface area contributed by atoms with Gasteiger partial charge in [-0.05, 0) is 44.7 Å². The third-order valence-electron chi connectivity index (χ3n) is 5.35. The van der Waals surface area contributed by atoms with Crippen molar-refractivity contribution in [2.45, 2.75) is 51.7 Å². The quantitative estimate of drug-likeness (QED) is 0.620. The molecule has 1 radical (unpaired) electrons. The molecule has 2 heterocycles. The molecule has 2 fully saturated rings. The van der Waals surface area contributed by atoms with Crippen LogP contribution in [0.3, 0.4) is 0 Å². The minimum atomic E-state index is -0.564. The van der Waals surface area contributed by atoms with Crippen LogP contribution >= 0.6 is 0 Å². The van der Waals surface area contributed by atoms with E-state index in [-0.39, 0.29) is 42.1 Å². The average molecular weight is 352 g/mol. The molecule has 0 aromatic heterocycles. The molecule has 7 nitrogen and oxygen atoms in total. The zero-order valence-electron chi connectivity index (χ0n) is 15.2. The zero-order chi connectivity index (χ0) is 18.4. The van der Waals surface area contributed by atoms with Gasteiger partial charge in [0.05, 0.1) is 6.10 Å². The lowest BCUT2D eigenvalue weighted by molar-refractivity contribution is -0.124. The number of likely N-dealkylation sites (tertiary alicyclic amines) is 1. The summed E-state index contributed by atoms with van der Waals surface area (Å²) in [7, 11) is 0. The van der Waals surface area contributed by atoms with Crippen LogP contribution in [0.25, 0.3) is 0 Å². The normalized spacial score (nSPS) is 26.6. The van der Waals surface area contributed by atoms with Crippen LogP contribution in [0.1, 0.15) is 39.5 Å². The Labute approximate surface area is 149 Å². The molecule has 4 unspecified atom stereocenters. The second-order valence-electron chi connectivity index (χ2n) is 7.26. The molecule has 2 aliphatic rings. The van der Waals surface area contributed by atoms with Crippen LogP contribution in [0.15, 0.2) is 0 Å². The van der Waals surface area contributed by atoms with E-state index in [0.717, 1.165) is 13.1 Å². The first kappa shape index (κ1) is 19.8. The number of carbonyl (C=O) groups excluding carboxylic acids is 3. The Morgan fingerprint density at radius 3 is 2.68 bits per heavy atom. The number of nitrogens with zero attached hydrogens (tertiary/aromatic N) is 1. The van der Waals surface area contributed by atoms with E-state index in [1.54, 1.807) is 13.3 Å². The number of primary amides is 1. The highest BCUT2D eigenvalue weighted by atomic mass is 16.5. The summed E-state index contributed by atoms with van der Waals surface area (Å²) in [6.45, 7) is 6.54. The van der Waals surface area contributed by atoms with E-state index in [9.17, 15) is 14.4 Å². The molecule has 2 amide bonds. The largest absolute Gasteiger partial charge is 0.369 e. The highest BCUT2D eigenvalue weighted by Crippen LogP contribution is 2.18. The fraction of sp³-hybridized carbons (Fsp3) is 0.778. The highest BCUT2D eigenvalue weighted by Gasteiger charge is 2.38. The smallest absolute Gasteiger partial charge is 0.224 e. The summed E-state index contributed by atoms with van der Waals surface area (Å²) in [5, 5.41) is 2.79. The fourth-order valence-electron chi connectivity index (χ4n) is 3.35. The molecule has 0 aromatic rings. The number of amides is 2. The number of hydrogen-bond acceptors (Lipinski definition) is 5. The number of rotatable bonds is 9. The van der Waals surface area contributed by atoms with Gasteiger partial charge in [-0.2, -0.15) is 0 Å². The van der Waals surface area contributed by atoms with Gasteiger partial charge in [-0.25, -0.2) is 0 Å². The summed E-state index contributed by atoms with van der Waals surface area (Å²) in [5.41, 5.74) is 5.29. The Balaban J connectivity index is 1.74. The molecule has 2 saturated heterocycles. The Morgan fingerprint density at radius 2 is 2.04 bits per heavy atom. The predicted octanol–water partition coefficient (Wildman–Crippen LogP) is 0.277. The van der Waals surface area contributed by atoms with Crippen LogP contribution in [0.5, 0.6) is 0 Å². The van der Waals surface area contributed by atoms with Crippen molar-refractivity contribution in [1.82, 2.24) is 10.2 Å². The summed E-state index contributed by atoms with van der Waals surface area (Å²) >= 11 is 0. The molecule has 0 aromatic carbocycles. The molecule has 141 valence electrons. The van der Waals surface area contributed by atoms with Crippen molar-refractivity contribution in [2.24, 2.45) is 17.6 Å². The molecule has 4 atom stereocenters. The molecule has 2 aliphatic heterocycles. The molecule has 3 N–H and O–H groups in total. The summed E-state index contributed by atoms with van der Waals surface area (Å²) in [6, 6.07) is -0.564. The summed E-state index contributed by atoms with van der Waals surface area (Å²) < 4.78 is 5.57. The maximum absolute atomic E-state index is 12.1. The van der Waals surface area contributed by atoms with Gasteiger partial charge in [0.1, 0.15) is 12.6 Å². The first-order valence-electron chi connectivity index (χ1n) is 9.18.